The molecule has 1 aliphatic rings. The smallest absolute Gasteiger partial charge is 0.337 e. The predicted octanol–water partition coefficient (Wildman–Crippen LogP) is 3.79. The summed E-state index contributed by atoms with van der Waals surface area (Å²) in [5, 5.41) is 0. The number of methoxy groups -OCH3 is 1. The van der Waals surface area contributed by atoms with E-state index in [9.17, 15) is 9.59 Å². The van der Waals surface area contributed by atoms with Gasteiger partial charge in [0.15, 0.2) is 6.61 Å². The van der Waals surface area contributed by atoms with Gasteiger partial charge in [-0.2, -0.15) is 0 Å². The molecule has 0 radical (unpaired) electrons. The van der Waals surface area contributed by atoms with Crippen molar-refractivity contribution in [3.05, 3.63) is 102 Å². The molecule has 4 rings (SSSR count). The molecular weight excluding hydrogens is 416 g/mol. The van der Waals surface area contributed by atoms with Crippen LogP contribution in [0.25, 0.3) is 0 Å². The first kappa shape index (κ1) is 22.6. The number of ether oxygens (including phenoxy) is 2. The lowest BCUT2D eigenvalue weighted by atomic mass is 9.96. The van der Waals surface area contributed by atoms with E-state index in [1.54, 1.807) is 24.3 Å². The summed E-state index contributed by atoms with van der Waals surface area (Å²) in [6.07, 6.45) is 0. The van der Waals surface area contributed by atoms with Crippen LogP contribution < -0.4 is 4.74 Å². The normalized spacial score (nSPS) is 14.2. The highest BCUT2D eigenvalue weighted by atomic mass is 16.5. The number of hydrogen-bond donors (Lipinski definition) is 0. The van der Waals surface area contributed by atoms with Gasteiger partial charge in [-0.1, -0.05) is 60.7 Å². The Morgan fingerprint density at radius 2 is 1.33 bits per heavy atom. The number of amides is 1. The van der Waals surface area contributed by atoms with Crippen molar-refractivity contribution in [3.8, 4) is 5.75 Å². The van der Waals surface area contributed by atoms with Crippen LogP contribution in [0.15, 0.2) is 84.9 Å². The minimum absolute atomic E-state index is 0.0294. The summed E-state index contributed by atoms with van der Waals surface area (Å²) in [6, 6.07) is 27.7. The van der Waals surface area contributed by atoms with Gasteiger partial charge in [0.1, 0.15) is 5.75 Å². The lowest BCUT2D eigenvalue weighted by molar-refractivity contribution is -0.135. The molecule has 1 heterocycles. The molecule has 170 valence electrons. The average Bonchev–Trinajstić information content (AvgIpc) is 2.89. The molecular formula is C27H28N2O4. The van der Waals surface area contributed by atoms with E-state index in [1.807, 2.05) is 17.0 Å². The lowest BCUT2D eigenvalue weighted by Gasteiger charge is -2.39. The van der Waals surface area contributed by atoms with E-state index < -0.39 is 5.97 Å². The number of carbonyl (C=O) groups excluding carboxylic acids is 2. The van der Waals surface area contributed by atoms with Gasteiger partial charge in [-0.25, -0.2) is 4.79 Å². The fourth-order valence-electron chi connectivity index (χ4n) is 4.16. The molecule has 1 amide bonds. The van der Waals surface area contributed by atoms with Crippen LogP contribution >= 0.6 is 0 Å². The Labute approximate surface area is 194 Å². The number of esters is 1. The minimum Gasteiger partial charge on any atom is -0.484 e. The van der Waals surface area contributed by atoms with Crippen molar-refractivity contribution in [2.45, 2.75) is 6.04 Å². The first-order chi connectivity index (χ1) is 16.2. The topological polar surface area (TPSA) is 59.1 Å². The number of nitrogens with zero attached hydrogens (tertiary/aromatic N) is 2. The fourth-order valence-corrected chi connectivity index (χ4v) is 4.16. The molecule has 33 heavy (non-hydrogen) atoms. The van der Waals surface area contributed by atoms with E-state index in [4.69, 9.17) is 9.47 Å². The van der Waals surface area contributed by atoms with Crippen molar-refractivity contribution in [2.75, 3.05) is 39.9 Å². The number of rotatable bonds is 7. The van der Waals surface area contributed by atoms with Crippen molar-refractivity contribution >= 4 is 11.9 Å². The molecule has 1 saturated heterocycles. The zero-order valence-electron chi connectivity index (χ0n) is 18.7. The van der Waals surface area contributed by atoms with Crippen LogP contribution in [0.4, 0.5) is 0 Å². The molecule has 3 aromatic carbocycles. The molecule has 0 atom stereocenters. The van der Waals surface area contributed by atoms with Gasteiger partial charge in [-0.05, 0) is 35.4 Å². The van der Waals surface area contributed by atoms with Crippen LogP contribution in [0.2, 0.25) is 0 Å². The van der Waals surface area contributed by atoms with Gasteiger partial charge < -0.3 is 14.4 Å². The maximum Gasteiger partial charge on any atom is 0.337 e. The summed E-state index contributed by atoms with van der Waals surface area (Å²) in [6.45, 7) is 2.85. The third-order valence-electron chi connectivity index (χ3n) is 5.90. The van der Waals surface area contributed by atoms with Gasteiger partial charge >= 0.3 is 5.97 Å². The van der Waals surface area contributed by atoms with Gasteiger partial charge in [0, 0.05) is 26.2 Å². The Bertz CT molecular complexity index is 1010. The highest BCUT2D eigenvalue weighted by Gasteiger charge is 2.28. The summed E-state index contributed by atoms with van der Waals surface area (Å²) in [4.78, 5) is 28.5. The van der Waals surface area contributed by atoms with Crippen LogP contribution in [-0.4, -0.2) is 61.6 Å². The van der Waals surface area contributed by atoms with Crippen molar-refractivity contribution < 1.29 is 19.1 Å². The summed E-state index contributed by atoms with van der Waals surface area (Å²) >= 11 is 0. The Morgan fingerprint density at radius 3 is 1.85 bits per heavy atom. The van der Waals surface area contributed by atoms with Gasteiger partial charge in [-0.15, -0.1) is 0 Å². The number of piperazine rings is 1. The third kappa shape index (κ3) is 5.59. The van der Waals surface area contributed by atoms with Crippen molar-refractivity contribution in [1.29, 1.82) is 0 Å². The second-order valence-corrected chi connectivity index (χ2v) is 7.95. The fraction of sp³-hybridized carbons (Fsp3) is 0.259. The second kappa shape index (κ2) is 10.8. The van der Waals surface area contributed by atoms with Crippen LogP contribution in [-0.2, 0) is 9.53 Å². The second-order valence-electron chi connectivity index (χ2n) is 7.95. The molecule has 0 aromatic heterocycles. The van der Waals surface area contributed by atoms with Gasteiger partial charge in [0.05, 0.1) is 18.7 Å². The quantitative estimate of drug-likeness (QED) is 0.519. The van der Waals surface area contributed by atoms with Crippen LogP contribution in [0, 0.1) is 0 Å². The van der Waals surface area contributed by atoms with E-state index in [-0.39, 0.29) is 18.6 Å². The monoisotopic (exact) mass is 444 g/mol. The molecule has 6 nitrogen and oxygen atoms in total. The van der Waals surface area contributed by atoms with Crippen LogP contribution in [0.5, 0.6) is 5.75 Å². The average molecular weight is 445 g/mol. The van der Waals surface area contributed by atoms with E-state index >= 15 is 0 Å². The summed E-state index contributed by atoms with van der Waals surface area (Å²) < 4.78 is 10.3. The molecule has 0 spiro atoms. The molecule has 1 aliphatic heterocycles. The summed E-state index contributed by atoms with van der Waals surface area (Å²) in [7, 11) is 1.34. The molecule has 0 N–H and O–H groups in total. The Kier molecular flexibility index (Phi) is 7.37. The summed E-state index contributed by atoms with van der Waals surface area (Å²) in [5.41, 5.74) is 2.95. The van der Waals surface area contributed by atoms with Gasteiger partial charge in [0.25, 0.3) is 5.91 Å². The Balaban J connectivity index is 1.34. The lowest BCUT2D eigenvalue weighted by Crippen LogP contribution is -2.51. The van der Waals surface area contributed by atoms with Crippen molar-refractivity contribution in [2.24, 2.45) is 0 Å². The predicted molar refractivity (Wildman–Crippen MR) is 126 cm³/mol. The summed E-state index contributed by atoms with van der Waals surface area (Å²) in [5.74, 6) is 0.102. The minimum atomic E-state index is -0.403. The highest BCUT2D eigenvalue weighted by Crippen LogP contribution is 2.29. The largest absolute Gasteiger partial charge is 0.484 e. The van der Waals surface area contributed by atoms with Gasteiger partial charge in [-0.3, -0.25) is 9.69 Å². The van der Waals surface area contributed by atoms with Crippen molar-refractivity contribution in [1.82, 2.24) is 9.80 Å². The van der Waals surface area contributed by atoms with Crippen molar-refractivity contribution in [3.63, 3.8) is 0 Å². The maximum atomic E-state index is 12.7. The Morgan fingerprint density at radius 1 is 0.788 bits per heavy atom. The van der Waals surface area contributed by atoms with E-state index in [0.717, 1.165) is 13.1 Å². The van der Waals surface area contributed by atoms with E-state index in [1.165, 1.54) is 18.2 Å². The van der Waals surface area contributed by atoms with E-state index in [2.05, 4.69) is 53.4 Å². The Hall–Kier alpha value is -3.64. The first-order valence-electron chi connectivity index (χ1n) is 11.1. The number of hydrogen-bond acceptors (Lipinski definition) is 5. The molecule has 0 bridgehead atoms. The SMILES string of the molecule is COC(=O)c1ccc(OCC(=O)N2CCN(C(c3ccccc3)c3ccccc3)CC2)cc1. The molecule has 1 fully saturated rings. The van der Waals surface area contributed by atoms with Gasteiger partial charge in [0.2, 0.25) is 0 Å². The zero-order chi connectivity index (χ0) is 23.0. The van der Waals surface area contributed by atoms with Crippen LogP contribution in [0.1, 0.15) is 27.5 Å². The molecule has 6 heteroatoms. The molecule has 3 aromatic rings. The standard InChI is InChI=1S/C27H28N2O4/c1-32-27(31)23-12-14-24(15-13-23)33-20-25(30)28-16-18-29(19-17-28)26(21-8-4-2-5-9-21)22-10-6-3-7-11-22/h2-15,26H,16-20H2,1H3. The molecule has 0 saturated carbocycles. The third-order valence-corrected chi connectivity index (χ3v) is 5.90. The van der Waals surface area contributed by atoms with Crippen LogP contribution in [0.3, 0.4) is 0 Å². The zero-order valence-corrected chi connectivity index (χ0v) is 18.7. The highest BCUT2D eigenvalue weighted by molar-refractivity contribution is 5.89. The molecule has 0 aliphatic carbocycles. The first-order valence-corrected chi connectivity index (χ1v) is 11.1. The maximum absolute atomic E-state index is 12.7. The number of carbonyl (C=O) groups is 2. The molecule has 0 unspecified atom stereocenters. The van der Waals surface area contributed by atoms with E-state index in [0.29, 0.717) is 24.4 Å². The number of benzene rings is 3.